The van der Waals surface area contributed by atoms with Crippen molar-refractivity contribution in [3.8, 4) is 0 Å². The minimum Gasteiger partial charge on any atom is -0.347 e. The number of likely N-dealkylation sites (tertiary alicyclic amines) is 1. The molecule has 2 fully saturated rings. The van der Waals surface area contributed by atoms with E-state index in [0.717, 1.165) is 30.3 Å². The molecule has 2 aliphatic rings. The van der Waals surface area contributed by atoms with Gasteiger partial charge < -0.3 is 9.80 Å². The summed E-state index contributed by atoms with van der Waals surface area (Å²) >= 11 is 1.61. The van der Waals surface area contributed by atoms with E-state index in [1.54, 1.807) is 23.6 Å². The van der Waals surface area contributed by atoms with E-state index in [0.29, 0.717) is 12.5 Å². The van der Waals surface area contributed by atoms with Crippen LogP contribution >= 0.6 is 11.3 Å². The lowest BCUT2D eigenvalue weighted by molar-refractivity contribution is -0.131. The molecule has 2 atom stereocenters. The number of rotatable bonds is 3. The first-order chi connectivity index (χ1) is 10.7. The molecule has 6 heteroatoms. The van der Waals surface area contributed by atoms with Gasteiger partial charge in [0.15, 0.2) is 5.13 Å². The summed E-state index contributed by atoms with van der Waals surface area (Å²) < 4.78 is 13.3. The van der Waals surface area contributed by atoms with Crippen molar-refractivity contribution in [2.24, 2.45) is 11.8 Å². The molecule has 0 N–H and O–H groups in total. The van der Waals surface area contributed by atoms with Gasteiger partial charge in [0, 0.05) is 43.7 Å². The Hall–Kier alpha value is -1.95. The maximum atomic E-state index is 13.3. The fourth-order valence-corrected chi connectivity index (χ4v) is 4.13. The molecule has 3 heterocycles. The first-order valence-corrected chi connectivity index (χ1v) is 8.26. The number of hydrogen-bond donors (Lipinski definition) is 0. The average molecular weight is 317 g/mol. The van der Waals surface area contributed by atoms with E-state index < -0.39 is 0 Å². The Balaban J connectivity index is 1.45. The molecule has 1 aromatic heterocycles. The highest BCUT2D eigenvalue weighted by molar-refractivity contribution is 7.13. The topological polar surface area (TPSA) is 36.4 Å². The van der Waals surface area contributed by atoms with E-state index in [1.807, 2.05) is 16.3 Å². The van der Waals surface area contributed by atoms with Gasteiger partial charge in [0.25, 0.3) is 0 Å². The molecule has 0 bridgehead atoms. The second kappa shape index (κ2) is 5.35. The summed E-state index contributed by atoms with van der Waals surface area (Å²) in [6.45, 7) is 2.88. The predicted molar refractivity (Wildman–Crippen MR) is 83.1 cm³/mol. The van der Waals surface area contributed by atoms with Gasteiger partial charge in [-0.25, -0.2) is 9.37 Å². The molecular weight excluding hydrogens is 301 g/mol. The molecule has 0 unspecified atom stereocenters. The lowest BCUT2D eigenvalue weighted by Gasteiger charge is -2.21. The fraction of sp³-hybridized carbons (Fsp3) is 0.375. The minimum absolute atomic E-state index is 0.0532. The molecule has 1 amide bonds. The fourth-order valence-electron chi connectivity index (χ4n) is 3.47. The third-order valence-corrected chi connectivity index (χ3v) is 5.31. The Morgan fingerprint density at radius 2 is 2.23 bits per heavy atom. The number of carbonyl (C=O) groups excluding carboxylic acids is 1. The van der Waals surface area contributed by atoms with Crippen LogP contribution in [0.4, 0.5) is 9.52 Å². The molecule has 22 heavy (non-hydrogen) atoms. The first-order valence-electron chi connectivity index (χ1n) is 7.38. The third kappa shape index (κ3) is 2.37. The van der Waals surface area contributed by atoms with Crippen molar-refractivity contribution >= 4 is 22.4 Å². The summed E-state index contributed by atoms with van der Waals surface area (Å²) in [6.07, 6.45) is 1.80. The molecule has 1 aromatic carbocycles. The summed E-state index contributed by atoms with van der Waals surface area (Å²) in [5, 5.41) is 2.96. The van der Waals surface area contributed by atoms with Crippen LogP contribution in [0, 0.1) is 17.7 Å². The van der Waals surface area contributed by atoms with Crippen molar-refractivity contribution in [1.82, 2.24) is 9.88 Å². The molecule has 0 radical (unpaired) electrons. The van der Waals surface area contributed by atoms with Crippen LogP contribution in [0.3, 0.4) is 0 Å². The average Bonchev–Trinajstić information content (AvgIpc) is 3.18. The number of halogens is 1. The van der Waals surface area contributed by atoms with E-state index in [4.69, 9.17) is 0 Å². The molecule has 114 valence electrons. The standard InChI is InChI=1S/C16H16FN3OS/c17-13-3-1-2-11(6-13)7-19-8-12-9-20(10-14(12)15(19)21)16-18-4-5-22-16/h1-6,12,14H,7-10H2/t12-,14+/m0/s1. The van der Waals surface area contributed by atoms with E-state index in [9.17, 15) is 9.18 Å². The molecule has 0 aliphatic carbocycles. The highest BCUT2D eigenvalue weighted by Gasteiger charge is 2.46. The van der Waals surface area contributed by atoms with Crippen LogP contribution in [0.2, 0.25) is 0 Å². The van der Waals surface area contributed by atoms with Crippen molar-refractivity contribution in [2.45, 2.75) is 6.54 Å². The predicted octanol–water partition coefficient (Wildman–Crippen LogP) is 2.38. The zero-order valence-corrected chi connectivity index (χ0v) is 12.8. The van der Waals surface area contributed by atoms with Gasteiger partial charge in [-0.1, -0.05) is 12.1 Å². The molecular formula is C16H16FN3OS. The number of thiazole rings is 1. The van der Waals surface area contributed by atoms with Gasteiger partial charge in [-0.2, -0.15) is 0 Å². The lowest BCUT2D eigenvalue weighted by Crippen LogP contribution is -2.32. The summed E-state index contributed by atoms with van der Waals surface area (Å²) in [5.41, 5.74) is 0.852. The number of aromatic nitrogens is 1. The highest BCUT2D eigenvalue weighted by atomic mass is 32.1. The molecule has 2 aliphatic heterocycles. The molecule has 4 nitrogen and oxygen atoms in total. The maximum Gasteiger partial charge on any atom is 0.228 e. The van der Waals surface area contributed by atoms with Crippen LogP contribution in [0.25, 0.3) is 0 Å². The van der Waals surface area contributed by atoms with Gasteiger partial charge in [-0.3, -0.25) is 4.79 Å². The van der Waals surface area contributed by atoms with Crippen LogP contribution in [-0.4, -0.2) is 35.4 Å². The number of anilines is 1. The van der Waals surface area contributed by atoms with E-state index >= 15 is 0 Å². The number of benzene rings is 1. The van der Waals surface area contributed by atoms with Gasteiger partial charge in [0.2, 0.25) is 5.91 Å². The van der Waals surface area contributed by atoms with Gasteiger partial charge in [-0.15, -0.1) is 11.3 Å². The van der Waals surface area contributed by atoms with Gasteiger partial charge >= 0.3 is 0 Å². The quantitative estimate of drug-likeness (QED) is 0.872. The smallest absolute Gasteiger partial charge is 0.228 e. The number of hydrogen-bond acceptors (Lipinski definition) is 4. The number of amides is 1. The Kier molecular flexibility index (Phi) is 3.33. The molecule has 0 saturated carbocycles. The van der Waals surface area contributed by atoms with Crippen molar-refractivity contribution in [1.29, 1.82) is 0 Å². The lowest BCUT2D eigenvalue weighted by atomic mass is 10.0. The highest BCUT2D eigenvalue weighted by Crippen LogP contribution is 2.36. The summed E-state index contributed by atoms with van der Waals surface area (Å²) in [7, 11) is 0. The van der Waals surface area contributed by atoms with Gasteiger partial charge in [0.05, 0.1) is 5.92 Å². The number of fused-ring (bicyclic) bond motifs is 1. The SMILES string of the molecule is O=C1[C@@H]2CN(c3nccs3)C[C@@H]2CN1Cc1cccc(F)c1. The van der Waals surface area contributed by atoms with Crippen molar-refractivity contribution in [3.05, 3.63) is 47.2 Å². The zero-order valence-electron chi connectivity index (χ0n) is 12.0. The molecule has 4 rings (SSSR count). The molecule has 2 aromatic rings. The van der Waals surface area contributed by atoms with E-state index in [1.165, 1.54) is 12.1 Å². The largest absolute Gasteiger partial charge is 0.347 e. The molecule has 2 saturated heterocycles. The van der Waals surface area contributed by atoms with Crippen LogP contribution in [0.15, 0.2) is 35.8 Å². The van der Waals surface area contributed by atoms with E-state index in [2.05, 4.69) is 9.88 Å². The Morgan fingerprint density at radius 1 is 1.32 bits per heavy atom. The van der Waals surface area contributed by atoms with Gasteiger partial charge in [0.1, 0.15) is 5.82 Å². The first kappa shape index (κ1) is 13.7. The monoisotopic (exact) mass is 317 g/mol. The minimum atomic E-state index is -0.251. The zero-order chi connectivity index (χ0) is 15.1. The number of nitrogens with zero attached hydrogens (tertiary/aromatic N) is 3. The van der Waals surface area contributed by atoms with E-state index in [-0.39, 0.29) is 17.6 Å². The van der Waals surface area contributed by atoms with Crippen molar-refractivity contribution in [3.63, 3.8) is 0 Å². The summed E-state index contributed by atoms with van der Waals surface area (Å²) in [5.74, 6) is 0.343. The van der Waals surface area contributed by atoms with Crippen LogP contribution < -0.4 is 4.90 Å². The summed E-state index contributed by atoms with van der Waals surface area (Å²) in [4.78, 5) is 21.0. The maximum absolute atomic E-state index is 13.3. The second-order valence-electron chi connectivity index (χ2n) is 5.93. The van der Waals surface area contributed by atoms with Crippen molar-refractivity contribution < 1.29 is 9.18 Å². The Bertz CT molecular complexity index is 690. The number of carbonyl (C=O) groups is 1. The van der Waals surface area contributed by atoms with Crippen LogP contribution in [0.5, 0.6) is 0 Å². The van der Waals surface area contributed by atoms with Crippen LogP contribution in [-0.2, 0) is 11.3 Å². The van der Waals surface area contributed by atoms with Gasteiger partial charge in [-0.05, 0) is 17.7 Å². The Labute approximate surface area is 132 Å². The van der Waals surface area contributed by atoms with Crippen LogP contribution in [0.1, 0.15) is 5.56 Å². The normalized spacial score (nSPS) is 24.1. The Morgan fingerprint density at radius 3 is 2.95 bits per heavy atom. The molecule has 0 spiro atoms. The second-order valence-corrected chi connectivity index (χ2v) is 6.81. The summed E-state index contributed by atoms with van der Waals surface area (Å²) in [6, 6.07) is 6.49. The third-order valence-electron chi connectivity index (χ3n) is 4.48. The van der Waals surface area contributed by atoms with Crippen molar-refractivity contribution in [2.75, 3.05) is 24.5 Å².